The first-order valence-corrected chi connectivity index (χ1v) is 6.57. The Morgan fingerprint density at radius 3 is 2.37 bits per heavy atom. The van der Waals surface area contributed by atoms with Crippen LogP contribution in [0.1, 0.15) is 10.4 Å². The molecule has 0 fully saturated rings. The summed E-state index contributed by atoms with van der Waals surface area (Å²) in [5.74, 6) is -2.54. The molecule has 9 heteroatoms. The average Bonchev–Trinajstić information content (AvgIpc) is 2.35. The summed E-state index contributed by atoms with van der Waals surface area (Å²) in [5, 5.41) is 26.3. The van der Waals surface area contributed by atoms with E-state index in [-0.39, 0.29) is 0 Å². The van der Waals surface area contributed by atoms with Gasteiger partial charge in [0.2, 0.25) is 10.0 Å². The van der Waals surface area contributed by atoms with E-state index in [9.17, 15) is 17.6 Å². The van der Waals surface area contributed by atoms with E-state index >= 15 is 0 Å². The van der Waals surface area contributed by atoms with Crippen LogP contribution in [0.25, 0.3) is 0 Å². The molecule has 1 aromatic rings. The predicted molar refractivity (Wildman–Crippen MR) is 61.6 cm³/mol. The van der Waals surface area contributed by atoms with Crippen LogP contribution < -0.4 is 4.72 Å². The Morgan fingerprint density at radius 2 is 1.89 bits per heavy atom. The number of benzene rings is 1. The van der Waals surface area contributed by atoms with E-state index in [1.54, 1.807) is 0 Å². The Labute approximate surface area is 108 Å². The van der Waals surface area contributed by atoms with Crippen LogP contribution >= 0.6 is 0 Å². The zero-order valence-corrected chi connectivity index (χ0v) is 10.4. The van der Waals surface area contributed by atoms with E-state index in [2.05, 4.69) is 0 Å². The molecule has 0 spiro atoms. The number of nitrogens with one attached hydrogen (secondary N) is 1. The lowest BCUT2D eigenvalue weighted by Crippen LogP contribution is -2.40. The summed E-state index contributed by atoms with van der Waals surface area (Å²) in [5.41, 5.74) is -0.397. The summed E-state index contributed by atoms with van der Waals surface area (Å²) >= 11 is 0. The first-order chi connectivity index (χ1) is 8.81. The summed E-state index contributed by atoms with van der Waals surface area (Å²) in [7, 11) is -4.38. The summed E-state index contributed by atoms with van der Waals surface area (Å²) in [6.07, 6.45) is 0. The van der Waals surface area contributed by atoms with Crippen molar-refractivity contribution in [2.45, 2.75) is 10.9 Å². The number of carboxylic acid groups (broad SMARTS) is 1. The van der Waals surface area contributed by atoms with Crippen molar-refractivity contribution in [2.75, 3.05) is 13.2 Å². The van der Waals surface area contributed by atoms with Gasteiger partial charge in [-0.2, -0.15) is 0 Å². The van der Waals surface area contributed by atoms with E-state index in [0.29, 0.717) is 12.1 Å². The second-order valence-electron chi connectivity index (χ2n) is 3.63. The van der Waals surface area contributed by atoms with Crippen molar-refractivity contribution < 1.29 is 32.9 Å². The van der Waals surface area contributed by atoms with Gasteiger partial charge in [-0.3, -0.25) is 0 Å². The van der Waals surface area contributed by atoms with Crippen LogP contribution in [-0.4, -0.2) is 49.0 Å². The normalized spacial score (nSPS) is 11.8. The molecule has 0 saturated carbocycles. The third-order valence-corrected chi connectivity index (χ3v) is 3.77. The summed E-state index contributed by atoms with van der Waals surface area (Å²) in [4.78, 5) is 9.85. The molecule has 1 rings (SSSR count). The Kier molecular flexibility index (Phi) is 4.95. The van der Waals surface area contributed by atoms with Crippen molar-refractivity contribution in [2.24, 2.45) is 0 Å². The fourth-order valence-corrected chi connectivity index (χ4v) is 2.58. The molecule has 106 valence electrons. The van der Waals surface area contributed by atoms with Gasteiger partial charge in [0.1, 0.15) is 10.7 Å². The third-order valence-electron chi connectivity index (χ3n) is 2.23. The average molecular weight is 293 g/mol. The topological polar surface area (TPSA) is 124 Å². The molecule has 0 aliphatic heterocycles. The fourth-order valence-electron chi connectivity index (χ4n) is 1.26. The Balaban J connectivity index is 3.20. The highest BCUT2D eigenvalue weighted by molar-refractivity contribution is 7.89. The van der Waals surface area contributed by atoms with E-state index in [1.807, 2.05) is 4.72 Å². The summed E-state index contributed by atoms with van der Waals surface area (Å²) in [6.45, 7) is -1.37. The summed E-state index contributed by atoms with van der Waals surface area (Å²) in [6, 6.07) is 1.10. The Hall–Kier alpha value is -1.55. The number of aromatic carboxylic acids is 1. The largest absolute Gasteiger partial charge is 0.478 e. The van der Waals surface area contributed by atoms with Gasteiger partial charge in [-0.25, -0.2) is 22.3 Å². The number of halogens is 1. The van der Waals surface area contributed by atoms with E-state index in [1.165, 1.54) is 0 Å². The molecule has 7 nitrogen and oxygen atoms in total. The molecule has 0 bridgehead atoms. The maximum Gasteiger partial charge on any atom is 0.335 e. The number of aliphatic hydroxyl groups excluding tert-OH is 2. The van der Waals surface area contributed by atoms with Crippen LogP contribution in [0.4, 0.5) is 4.39 Å². The lowest BCUT2D eigenvalue weighted by molar-refractivity contribution is 0.0696. The van der Waals surface area contributed by atoms with Crippen LogP contribution in [-0.2, 0) is 10.0 Å². The SMILES string of the molecule is O=C(O)c1ccc(F)c(S(=O)(=O)NC(CO)CO)c1. The lowest BCUT2D eigenvalue weighted by atomic mass is 10.2. The van der Waals surface area contributed by atoms with E-state index in [4.69, 9.17) is 15.3 Å². The maximum absolute atomic E-state index is 13.4. The monoisotopic (exact) mass is 293 g/mol. The van der Waals surface area contributed by atoms with Gasteiger partial charge in [0.15, 0.2) is 0 Å². The van der Waals surface area contributed by atoms with Gasteiger partial charge < -0.3 is 15.3 Å². The highest BCUT2D eigenvalue weighted by Gasteiger charge is 2.24. The van der Waals surface area contributed by atoms with Crippen LogP contribution in [0.5, 0.6) is 0 Å². The molecule has 0 atom stereocenters. The van der Waals surface area contributed by atoms with Gasteiger partial charge in [-0.05, 0) is 18.2 Å². The third kappa shape index (κ3) is 3.70. The van der Waals surface area contributed by atoms with Crippen LogP contribution in [0.2, 0.25) is 0 Å². The summed E-state index contributed by atoms with van der Waals surface area (Å²) < 4.78 is 38.9. The molecule has 0 saturated heterocycles. The highest BCUT2D eigenvalue weighted by atomic mass is 32.2. The van der Waals surface area contributed by atoms with Gasteiger partial charge in [-0.15, -0.1) is 0 Å². The molecular formula is C10H12FNO6S. The van der Waals surface area contributed by atoms with Crippen molar-refractivity contribution in [1.82, 2.24) is 4.72 Å². The number of rotatable bonds is 6. The van der Waals surface area contributed by atoms with Crippen molar-refractivity contribution in [3.05, 3.63) is 29.6 Å². The molecule has 0 aromatic heterocycles. The van der Waals surface area contributed by atoms with Crippen molar-refractivity contribution in [3.63, 3.8) is 0 Å². The van der Waals surface area contributed by atoms with Gasteiger partial charge in [0.25, 0.3) is 0 Å². The smallest absolute Gasteiger partial charge is 0.335 e. The zero-order valence-electron chi connectivity index (χ0n) is 9.58. The van der Waals surface area contributed by atoms with Crippen LogP contribution in [0.15, 0.2) is 23.1 Å². The molecule has 0 radical (unpaired) electrons. The first kappa shape index (κ1) is 15.5. The van der Waals surface area contributed by atoms with E-state index < -0.39 is 51.5 Å². The minimum Gasteiger partial charge on any atom is -0.478 e. The molecule has 0 heterocycles. The second kappa shape index (κ2) is 6.06. The highest BCUT2D eigenvalue weighted by Crippen LogP contribution is 2.16. The van der Waals surface area contributed by atoms with Crippen molar-refractivity contribution in [3.8, 4) is 0 Å². The fraction of sp³-hybridized carbons (Fsp3) is 0.300. The number of carbonyl (C=O) groups is 1. The molecule has 4 N–H and O–H groups in total. The van der Waals surface area contributed by atoms with Gasteiger partial charge in [-0.1, -0.05) is 0 Å². The molecule has 19 heavy (non-hydrogen) atoms. The minimum atomic E-state index is -4.38. The number of sulfonamides is 1. The van der Waals surface area contributed by atoms with Crippen LogP contribution in [0, 0.1) is 5.82 Å². The van der Waals surface area contributed by atoms with Gasteiger partial charge in [0.05, 0.1) is 24.8 Å². The second-order valence-corrected chi connectivity index (χ2v) is 5.32. The minimum absolute atomic E-state index is 0.397. The maximum atomic E-state index is 13.4. The molecule has 0 aliphatic carbocycles. The number of carboxylic acids is 1. The molecule has 1 aromatic carbocycles. The first-order valence-electron chi connectivity index (χ1n) is 5.08. The number of hydrogen-bond acceptors (Lipinski definition) is 5. The number of hydrogen-bond donors (Lipinski definition) is 4. The standard InChI is InChI=1S/C10H12FNO6S/c11-8-2-1-6(10(15)16)3-9(8)19(17,18)12-7(4-13)5-14/h1-3,7,12-14H,4-5H2,(H,15,16). The van der Waals surface area contributed by atoms with Gasteiger partial charge in [0, 0.05) is 0 Å². The molecule has 0 unspecified atom stereocenters. The quantitative estimate of drug-likeness (QED) is 0.542. The molecule has 0 aliphatic rings. The lowest BCUT2D eigenvalue weighted by Gasteiger charge is -2.14. The Bertz CT molecular complexity index is 569. The Morgan fingerprint density at radius 1 is 1.32 bits per heavy atom. The van der Waals surface area contributed by atoms with Crippen molar-refractivity contribution in [1.29, 1.82) is 0 Å². The van der Waals surface area contributed by atoms with Crippen LogP contribution in [0.3, 0.4) is 0 Å². The van der Waals surface area contributed by atoms with Crippen molar-refractivity contribution >= 4 is 16.0 Å². The zero-order chi connectivity index (χ0) is 14.6. The predicted octanol–water partition coefficient (Wildman–Crippen LogP) is -0.845. The number of aliphatic hydroxyl groups is 2. The van der Waals surface area contributed by atoms with Gasteiger partial charge >= 0.3 is 5.97 Å². The molecular weight excluding hydrogens is 281 g/mol. The molecule has 0 amide bonds. The van der Waals surface area contributed by atoms with E-state index in [0.717, 1.165) is 6.07 Å².